The van der Waals surface area contributed by atoms with Gasteiger partial charge in [-0.15, -0.1) is 0 Å². The number of para-hydroxylation sites is 1. The number of nitrogens with zero attached hydrogens (tertiary/aromatic N) is 3. The maximum absolute atomic E-state index is 12.7. The standard InChI is InChI=1S/C23H28N4O/c1-16-7-5-6-8-20(16)27-21-13-23(2,3)12-19(18(21)14-24-27)25-22(28)11-17-9-10-26(4)15-17/h5-10,14-15,19H,11-13H2,1-4H3,(H,25,28)/t19-/m1/s1. The Balaban J connectivity index is 1.62. The second-order valence-electron chi connectivity index (χ2n) is 8.77. The molecule has 5 heteroatoms. The van der Waals surface area contributed by atoms with Crippen molar-refractivity contribution in [2.45, 2.75) is 46.1 Å². The SMILES string of the molecule is Cc1ccccc1-n1ncc2c1CC(C)(C)C[C@H]2NC(=O)Cc1ccn(C)c1. The van der Waals surface area contributed by atoms with Crippen molar-refractivity contribution in [3.05, 3.63) is 71.3 Å². The highest BCUT2D eigenvalue weighted by Crippen LogP contribution is 2.41. The first-order valence-corrected chi connectivity index (χ1v) is 9.85. The third-order valence-corrected chi connectivity index (χ3v) is 5.62. The third-order valence-electron chi connectivity index (χ3n) is 5.62. The Hall–Kier alpha value is -2.82. The molecular weight excluding hydrogens is 348 g/mol. The van der Waals surface area contributed by atoms with Crippen LogP contribution in [0.25, 0.3) is 5.69 Å². The molecule has 0 bridgehead atoms. The zero-order valence-corrected chi connectivity index (χ0v) is 17.1. The fourth-order valence-corrected chi connectivity index (χ4v) is 4.28. The molecule has 0 saturated heterocycles. The smallest absolute Gasteiger partial charge is 0.224 e. The lowest BCUT2D eigenvalue weighted by Gasteiger charge is -2.36. The number of benzene rings is 1. The Morgan fingerprint density at radius 2 is 2.07 bits per heavy atom. The van der Waals surface area contributed by atoms with E-state index in [0.717, 1.165) is 29.7 Å². The van der Waals surface area contributed by atoms with E-state index in [0.29, 0.717) is 6.42 Å². The van der Waals surface area contributed by atoms with E-state index in [1.54, 1.807) is 0 Å². The maximum Gasteiger partial charge on any atom is 0.224 e. The van der Waals surface area contributed by atoms with Gasteiger partial charge in [-0.25, -0.2) is 4.68 Å². The number of hydrogen-bond acceptors (Lipinski definition) is 2. The highest BCUT2D eigenvalue weighted by molar-refractivity contribution is 5.79. The quantitative estimate of drug-likeness (QED) is 0.751. The molecule has 1 aliphatic carbocycles. The molecule has 0 fully saturated rings. The van der Waals surface area contributed by atoms with E-state index in [9.17, 15) is 4.79 Å². The van der Waals surface area contributed by atoms with E-state index in [2.05, 4.69) is 42.9 Å². The van der Waals surface area contributed by atoms with Crippen molar-refractivity contribution in [1.82, 2.24) is 19.7 Å². The van der Waals surface area contributed by atoms with Crippen molar-refractivity contribution in [3.8, 4) is 5.69 Å². The normalized spacial score (nSPS) is 17.9. The number of amides is 1. The van der Waals surface area contributed by atoms with Crippen LogP contribution in [0.5, 0.6) is 0 Å². The largest absolute Gasteiger partial charge is 0.357 e. The van der Waals surface area contributed by atoms with Crippen molar-refractivity contribution >= 4 is 5.91 Å². The monoisotopic (exact) mass is 376 g/mol. The van der Waals surface area contributed by atoms with Crippen molar-refractivity contribution < 1.29 is 4.79 Å². The second kappa shape index (κ2) is 6.97. The van der Waals surface area contributed by atoms with Crippen LogP contribution in [-0.4, -0.2) is 20.3 Å². The summed E-state index contributed by atoms with van der Waals surface area (Å²) in [6.45, 7) is 6.64. The van der Waals surface area contributed by atoms with Crippen LogP contribution in [0.4, 0.5) is 0 Å². The second-order valence-corrected chi connectivity index (χ2v) is 8.77. The van der Waals surface area contributed by atoms with E-state index in [1.807, 2.05) is 48.4 Å². The molecule has 1 atom stereocenters. The molecule has 0 spiro atoms. The minimum atomic E-state index is -0.00673. The lowest BCUT2D eigenvalue weighted by molar-refractivity contribution is -0.121. The summed E-state index contributed by atoms with van der Waals surface area (Å²) in [5.74, 6) is 0.0588. The fraction of sp³-hybridized carbons (Fsp3) is 0.391. The van der Waals surface area contributed by atoms with Gasteiger partial charge < -0.3 is 9.88 Å². The van der Waals surface area contributed by atoms with Gasteiger partial charge in [-0.05, 0) is 48.4 Å². The Morgan fingerprint density at radius 1 is 1.29 bits per heavy atom. The number of fused-ring (bicyclic) bond motifs is 1. The average Bonchev–Trinajstić information content (AvgIpc) is 3.20. The van der Waals surface area contributed by atoms with E-state index >= 15 is 0 Å². The molecule has 1 aromatic carbocycles. The molecule has 5 nitrogen and oxygen atoms in total. The third kappa shape index (κ3) is 3.61. The molecule has 28 heavy (non-hydrogen) atoms. The zero-order valence-electron chi connectivity index (χ0n) is 17.1. The van der Waals surface area contributed by atoms with Crippen molar-refractivity contribution in [3.63, 3.8) is 0 Å². The van der Waals surface area contributed by atoms with Crippen LogP contribution >= 0.6 is 0 Å². The zero-order chi connectivity index (χ0) is 19.9. The van der Waals surface area contributed by atoms with Crippen LogP contribution in [-0.2, 0) is 24.7 Å². The molecule has 2 heterocycles. The van der Waals surface area contributed by atoms with E-state index in [-0.39, 0.29) is 17.4 Å². The summed E-state index contributed by atoms with van der Waals surface area (Å²) < 4.78 is 4.03. The summed E-state index contributed by atoms with van der Waals surface area (Å²) in [7, 11) is 1.97. The summed E-state index contributed by atoms with van der Waals surface area (Å²) >= 11 is 0. The first-order chi connectivity index (χ1) is 13.3. The minimum absolute atomic E-state index is 0.00673. The molecule has 2 aromatic heterocycles. The predicted octanol–water partition coefficient (Wildman–Crippen LogP) is 3.89. The first-order valence-electron chi connectivity index (χ1n) is 9.85. The van der Waals surface area contributed by atoms with Gasteiger partial charge in [0.1, 0.15) is 0 Å². The summed E-state index contributed by atoms with van der Waals surface area (Å²) in [4.78, 5) is 12.7. The average molecular weight is 377 g/mol. The molecule has 0 aliphatic heterocycles. The topological polar surface area (TPSA) is 51.9 Å². The summed E-state index contributed by atoms with van der Waals surface area (Å²) in [5, 5.41) is 7.97. The number of hydrogen-bond donors (Lipinski definition) is 1. The Bertz CT molecular complexity index is 1010. The predicted molar refractivity (Wildman–Crippen MR) is 110 cm³/mol. The fourth-order valence-electron chi connectivity index (χ4n) is 4.28. The van der Waals surface area contributed by atoms with Gasteiger partial charge in [0.2, 0.25) is 5.91 Å². The van der Waals surface area contributed by atoms with Gasteiger partial charge in [0.15, 0.2) is 0 Å². The van der Waals surface area contributed by atoms with Gasteiger partial charge in [-0.1, -0.05) is 32.0 Å². The Kier molecular flexibility index (Phi) is 4.61. The molecule has 1 N–H and O–H groups in total. The van der Waals surface area contributed by atoms with Gasteiger partial charge in [0, 0.05) is 25.0 Å². The lowest BCUT2D eigenvalue weighted by Crippen LogP contribution is -2.37. The van der Waals surface area contributed by atoms with Gasteiger partial charge in [-0.3, -0.25) is 4.79 Å². The van der Waals surface area contributed by atoms with Crippen molar-refractivity contribution in [2.24, 2.45) is 12.5 Å². The van der Waals surface area contributed by atoms with Crippen LogP contribution < -0.4 is 5.32 Å². The van der Waals surface area contributed by atoms with Crippen LogP contribution in [0.2, 0.25) is 0 Å². The first kappa shape index (κ1) is 18.5. The van der Waals surface area contributed by atoms with E-state index in [4.69, 9.17) is 5.10 Å². The highest BCUT2D eigenvalue weighted by Gasteiger charge is 2.36. The number of carbonyl (C=O) groups is 1. The minimum Gasteiger partial charge on any atom is -0.357 e. The van der Waals surface area contributed by atoms with E-state index in [1.165, 1.54) is 11.3 Å². The highest BCUT2D eigenvalue weighted by atomic mass is 16.1. The molecule has 0 radical (unpaired) electrons. The van der Waals surface area contributed by atoms with Crippen LogP contribution in [0, 0.1) is 12.3 Å². The maximum atomic E-state index is 12.7. The van der Waals surface area contributed by atoms with Gasteiger partial charge in [-0.2, -0.15) is 5.10 Å². The molecule has 0 unspecified atom stereocenters. The number of aryl methyl sites for hydroxylation is 2. The summed E-state index contributed by atoms with van der Waals surface area (Å²) in [5.41, 5.74) is 5.78. The number of carbonyl (C=O) groups excluding carboxylic acids is 1. The van der Waals surface area contributed by atoms with Gasteiger partial charge in [0.25, 0.3) is 0 Å². The molecular formula is C23H28N4O. The Labute approximate surface area is 166 Å². The number of rotatable bonds is 4. The molecule has 1 amide bonds. The molecule has 4 rings (SSSR count). The number of aromatic nitrogens is 3. The molecule has 3 aromatic rings. The molecule has 146 valence electrons. The summed E-state index contributed by atoms with van der Waals surface area (Å²) in [6.07, 6.45) is 8.16. The van der Waals surface area contributed by atoms with Crippen molar-refractivity contribution in [2.75, 3.05) is 0 Å². The van der Waals surface area contributed by atoms with Crippen LogP contribution in [0.1, 0.15) is 48.7 Å². The van der Waals surface area contributed by atoms with Crippen LogP contribution in [0.15, 0.2) is 48.9 Å². The Morgan fingerprint density at radius 3 is 2.79 bits per heavy atom. The van der Waals surface area contributed by atoms with Crippen molar-refractivity contribution in [1.29, 1.82) is 0 Å². The van der Waals surface area contributed by atoms with Gasteiger partial charge in [0.05, 0.1) is 30.0 Å². The van der Waals surface area contributed by atoms with E-state index < -0.39 is 0 Å². The molecule has 1 aliphatic rings. The van der Waals surface area contributed by atoms with Crippen LogP contribution in [0.3, 0.4) is 0 Å². The number of nitrogens with one attached hydrogen (secondary N) is 1. The molecule has 0 saturated carbocycles. The summed E-state index contributed by atoms with van der Waals surface area (Å²) in [6, 6.07) is 10.3. The van der Waals surface area contributed by atoms with Gasteiger partial charge >= 0.3 is 0 Å². The lowest BCUT2D eigenvalue weighted by atomic mass is 9.74.